The molecule has 0 aromatic rings. The standard InChI is InChI=1S/C17H32O4/c1-5-8-10-12-16(18)20-14(4)15(7-3)21-17(19)13-11-9-6-2/h14-15H,5-13H2,1-4H3. The average molecular weight is 300 g/mol. The SMILES string of the molecule is CCCCCC(=O)OC(C)C(CC)OC(=O)CCCCC. The van der Waals surface area contributed by atoms with Crippen LogP contribution in [0, 0.1) is 0 Å². The maximum atomic E-state index is 11.7. The monoisotopic (exact) mass is 300 g/mol. The van der Waals surface area contributed by atoms with Gasteiger partial charge in [-0.3, -0.25) is 9.59 Å². The van der Waals surface area contributed by atoms with Gasteiger partial charge < -0.3 is 9.47 Å². The van der Waals surface area contributed by atoms with E-state index in [1.54, 1.807) is 6.92 Å². The third-order valence-electron chi connectivity index (χ3n) is 3.50. The van der Waals surface area contributed by atoms with Gasteiger partial charge in [0.1, 0.15) is 12.2 Å². The highest BCUT2D eigenvalue weighted by Crippen LogP contribution is 2.12. The second-order valence-corrected chi connectivity index (χ2v) is 5.55. The van der Waals surface area contributed by atoms with Gasteiger partial charge in [-0.05, 0) is 26.2 Å². The fourth-order valence-corrected chi connectivity index (χ4v) is 2.12. The summed E-state index contributed by atoms with van der Waals surface area (Å²) < 4.78 is 10.8. The summed E-state index contributed by atoms with van der Waals surface area (Å²) in [6.07, 6.45) is 6.77. The van der Waals surface area contributed by atoms with Crippen LogP contribution in [0.15, 0.2) is 0 Å². The fourth-order valence-electron chi connectivity index (χ4n) is 2.12. The molecule has 0 bridgehead atoms. The first-order chi connectivity index (χ1) is 10.0. The zero-order valence-corrected chi connectivity index (χ0v) is 14.2. The van der Waals surface area contributed by atoms with Crippen LogP contribution in [0.3, 0.4) is 0 Å². The van der Waals surface area contributed by atoms with Crippen molar-refractivity contribution < 1.29 is 19.1 Å². The molecule has 4 nitrogen and oxygen atoms in total. The Bertz CT molecular complexity index is 289. The molecular formula is C17H32O4. The summed E-state index contributed by atoms with van der Waals surface area (Å²) in [5.74, 6) is -0.388. The molecule has 0 aromatic carbocycles. The largest absolute Gasteiger partial charge is 0.459 e. The number of hydrogen-bond acceptors (Lipinski definition) is 4. The topological polar surface area (TPSA) is 52.6 Å². The molecule has 2 atom stereocenters. The lowest BCUT2D eigenvalue weighted by Crippen LogP contribution is -2.32. The molecule has 0 aliphatic carbocycles. The normalized spacial score (nSPS) is 13.5. The second-order valence-electron chi connectivity index (χ2n) is 5.55. The molecule has 0 rings (SSSR count). The van der Waals surface area contributed by atoms with Crippen molar-refractivity contribution in [2.75, 3.05) is 0 Å². The molecule has 0 aliphatic heterocycles. The number of carbonyl (C=O) groups excluding carboxylic acids is 2. The van der Waals surface area contributed by atoms with E-state index in [9.17, 15) is 9.59 Å². The van der Waals surface area contributed by atoms with Crippen molar-refractivity contribution in [2.24, 2.45) is 0 Å². The van der Waals surface area contributed by atoms with Crippen molar-refractivity contribution >= 4 is 11.9 Å². The van der Waals surface area contributed by atoms with Gasteiger partial charge in [0.25, 0.3) is 0 Å². The summed E-state index contributed by atoms with van der Waals surface area (Å²) >= 11 is 0. The van der Waals surface area contributed by atoms with Crippen LogP contribution in [0.25, 0.3) is 0 Å². The molecule has 4 heteroatoms. The molecule has 0 spiro atoms. The number of rotatable bonds is 12. The van der Waals surface area contributed by atoms with Crippen LogP contribution in [0.4, 0.5) is 0 Å². The van der Waals surface area contributed by atoms with E-state index >= 15 is 0 Å². The first kappa shape index (κ1) is 19.9. The number of hydrogen-bond donors (Lipinski definition) is 0. The van der Waals surface area contributed by atoms with E-state index in [0.717, 1.165) is 38.5 Å². The lowest BCUT2D eigenvalue weighted by atomic mass is 10.1. The lowest BCUT2D eigenvalue weighted by Gasteiger charge is -2.23. The van der Waals surface area contributed by atoms with E-state index in [1.807, 2.05) is 6.92 Å². The highest BCUT2D eigenvalue weighted by molar-refractivity contribution is 5.70. The summed E-state index contributed by atoms with van der Waals surface area (Å²) in [7, 11) is 0. The zero-order valence-electron chi connectivity index (χ0n) is 14.2. The van der Waals surface area contributed by atoms with Gasteiger partial charge in [-0.25, -0.2) is 0 Å². The van der Waals surface area contributed by atoms with Crippen molar-refractivity contribution in [1.82, 2.24) is 0 Å². The van der Waals surface area contributed by atoms with Crippen molar-refractivity contribution in [3.8, 4) is 0 Å². The van der Waals surface area contributed by atoms with Gasteiger partial charge in [0.05, 0.1) is 0 Å². The molecular weight excluding hydrogens is 268 g/mol. The Morgan fingerprint density at radius 3 is 1.71 bits per heavy atom. The highest BCUT2D eigenvalue weighted by atomic mass is 16.6. The summed E-state index contributed by atoms with van der Waals surface area (Å²) in [6.45, 7) is 7.93. The van der Waals surface area contributed by atoms with E-state index in [-0.39, 0.29) is 24.1 Å². The van der Waals surface area contributed by atoms with Crippen LogP contribution in [0.2, 0.25) is 0 Å². The molecule has 0 saturated heterocycles. The van der Waals surface area contributed by atoms with Gasteiger partial charge in [-0.2, -0.15) is 0 Å². The minimum absolute atomic E-state index is 0.191. The molecule has 0 aliphatic rings. The van der Waals surface area contributed by atoms with Gasteiger partial charge >= 0.3 is 11.9 Å². The maximum Gasteiger partial charge on any atom is 0.306 e. The number of esters is 2. The van der Waals surface area contributed by atoms with Crippen LogP contribution in [0.1, 0.15) is 85.5 Å². The molecule has 124 valence electrons. The van der Waals surface area contributed by atoms with E-state index < -0.39 is 0 Å². The van der Waals surface area contributed by atoms with Crippen molar-refractivity contribution in [3.05, 3.63) is 0 Å². The Kier molecular flexibility index (Phi) is 12.0. The van der Waals surface area contributed by atoms with Gasteiger partial charge in [-0.1, -0.05) is 46.5 Å². The third-order valence-corrected chi connectivity index (χ3v) is 3.50. The number of ether oxygens (including phenoxy) is 2. The first-order valence-electron chi connectivity index (χ1n) is 8.44. The predicted molar refractivity (Wildman–Crippen MR) is 84.0 cm³/mol. The van der Waals surface area contributed by atoms with Gasteiger partial charge in [-0.15, -0.1) is 0 Å². The summed E-state index contributed by atoms with van der Waals surface area (Å²) in [4.78, 5) is 23.4. The molecule has 2 unspecified atom stereocenters. The predicted octanol–water partition coefficient (Wildman–Crippen LogP) is 4.40. The third kappa shape index (κ3) is 10.3. The van der Waals surface area contributed by atoms with Crippen molar-refractivity contribution in [3.63, 3.8) is 0 Å². The molecule has 0 aromatic heterocycles. The maximum absolute atomic E-state index is 11.7. The summed E-state index contributed by atoms with van der Waals surface area (Å²) in [5.41, 5.74) is 0. The molecule has 0 N–H and O–H groups in total. The van der Waals surface area contributed by atoms with Crippen LogP contribution < -0.4 is 0 Å². The van der Waals surface area contributed by atoms with Gasteiger partial charge in [0.15, 0.2) is 0 Å². The minimum Gasteiger partial charge on any atom is -0.459 e. The molecule has 0 fully saturated rings. The van der Waals surface area contributed by atoms with E-state index in [4.69, 9.17) is 9.47 Å². The van der Waals surface area contributed by atoms with Crippen LogP contribution >= 0.6 is 0 Å². The Morgan fingerprint density at radius 2 is 1.29 bits per heavy atom. The van der Waals surface area contributed by atoms with Crippen molar-refractivity contribution in [1.29, 1.82) is 0 Å². The zero-order chi connectivity index (χ0) is 16.1. The summed E-state index contributed by atoms with van der Waals surface area (Å²) in [6, 6.07) is 0. The quantitative estimate of drug-likeness (QED) is 0.396. The fraction of sp³-hybridized carbons (Fsp3) is 0.882. The van der Waals surface area contributed by atoms with Crippen LogP contribution in [-0.2, 0) is 19.1 Å². The Labute approximate surface area is 129 Å². The van der Waals surface area contributed by atoms with Gasteiger partial charge in [0.2, 0.25) is 0 Å². The summed E-state index contributed by atoms with van der Waals surface area (Å²) in [5, 5.41) is 0. The Hall–Kier alpha value is -1.06. The lowest BCUT2D eigenvalue weighted by molar-refractivity contribution is -0.167. The van der Waals surface area contributed by atoms with E-state index in [2.05, 4.69) is 13.8 Å². The molecule has 0 radical (unpaired) electrons. The molecule has 0 heterocycles. The van der Waals surface area contributed by atoms with Crippen LogP contribution in [-0.4, -0.2) is 24.1 Å². The van der Waals surface area contributed by atoms with Crippen molar-refractivity contribution in [2.45, 2.75) is 97.7 Å². The average Bonchev–Trinajstić information content (AvgIpc) is 2.45. The molecule has 21 heavy (non-hydrogen) atoms. The highest BCUT2D eigenvalue weighted by Gasteiger charge is 2.22. The Balaban J connectivity index is 4.07. The number of unbranched alkanes of at least 4 members (excludes halogenated alkanes) is 4. The Morgan fingerprint density at radius 1 is 0.810 bits per heavy atom. The van der Waals surface area contributed by atoms with Gasteiger partial charge in [0, 0.05) is 12.8 Å². The van der Waals surface area contributed by atoms with Crippen LogP contribution in [0.5, 0.6) is 0 Å². The first-order valence-corrected chi connectivity index (χ1v) is 8.44. The van der Waals surface area contributed by atoms with E-state index in [0.29, 0.717) is 19.3 Å². The smallest absolute Gasteiger partial charge is 0.306 e. The minimum atomic E-state index is -0.376. The second kappa shape index (κ2) is 12.7. The van der Waals surface area contributed by atoms with E-state index in [1.165, 1.54) is 0 Å². The molecule has 0 saturated carbocycles. The molecule has 0 amide bonds. The number of carbonyl (C=O) groups is 2.